The smallest absolute Gasteiger partial charge is 0.268 e. The van der Waals surface area contributed by atoms with E-state index in [0.717, 1.165) is 17.8 Å². The van der Waals surface area contributed by atoms with Gasteiger partial charge in [0.2, 0.25) is 0 Å². The molecule has 5 nitrogen and oxygen atoms in total. The highest BCUT2D eigenvalue weighted by molar-refractivity contribution is 6.02. The van der Waals surface area contributed by atoms with Gasteiger partial charge in [-0.1, -0.05) is 24.3 Å². The first-order valence-corrected chi connectivity index (χ1v) is 9.24. The fourth-order valence-electron chi connectivity index (χ4n) is 3.74. The minimum atomic E-state index is -0.181. The highest BCUT2D eigenvalue weighted by Gasteiger charge is 2.19. The number of aromatic nitrogens is 1. The molecule has 26 heavy (non-hydrogen) atoms. The van der Waals surface area contributed by atoms with Crippen LogP contribution in [0.1, 0.15) is 63.0 Å². The summed E-state index contributed by atoms with van der Waals surface area (Å²) in [4.78, 5) is 29.7. The van der Waals surface area contributed by atoms with E-state index in [-0.39, 0.29) is 11.7 Å². The molecule has 0 spiro atoms. The molecule has 1 saturated heterocycles. The van der Waals surface area contributed by atoms with E-state index in [2.05, 4.69) is 39.5 Å². The summed E-state index contributed by atoms with van der Waals surface area (Å²) in [5.74, 6) is -0.205. The van der Waals surface area contributed by atoms with Crippen LogP contribution in [0.15, 0.2) is 24.3 Å². The zero-order valence-electron chi connectivity index (χ0n) is 15.8. The second kappa shape index (κ2) is 7.87. The Labute approximate surface area is 154 Å². The molecule has 0 bridgehead atoms. The molecular weight excluding hydrogens is 326 g/mol. The Morgan fingerprint density at radius 2 is 1.69 bits per heavy atom. The number of nitrogens with zero attached hydrogens (tertiary/aromatic N) is 1. The van der Waals surface area contributed by atoms with Crippen LogP contribution in [-0.2, 0) is 13.1 Å². The van der Waals surface area contributed by atoms with Crippen LogP contribution in [0, 0.1) is 13.8 Å². The molecule has 5 heteroatoms. The summed E-state index contributed by atoms with van der Waals surface area (Å²) >= 11 is 0. The van der Waals surface area contributed by atoms with Gasteiger partial charge in [0.1, 0.15) is 5.69 Å². The van der Waals surface area contributed by atoms with Gasteiger partial charge < -0.3 is 10.3 Å². The number of ketones is 1. The van der Waals surface area contributed by atoms with Crippen molar-refractivity contribution < 1.29 is 9.59 Å². The largest absolute Gasteiger partial charge is 0.354 e. The lowest BCUT2D eigenvalue weighted by molar-refractivity contribution is 0.0945. The van der Waals surface area contributed by atoms with E-state index in [0.29, 0.717) is 23.4 Å². The van der Waals surface area contributed by atoms with Crippen molar-refractivity contribution in [2.75, 3.05) is 13.1 Å². The number of H-pyrrole nitrogens is 1. The SMILES string of the molecule is CC(=O)c1c(C)[nH]c(C(=O)NCc2ccc(CN3CCCC3)cc2)c1C. The first kappa shape index (κ1) is 18.4. The Balaban J connectivity index is 1.59. The van der Waals surface area contributed by atoms with Crippen molar-refractivity contribution in [1.82, 2.24) is 15.2 Å². The molecule has 1 aliphatic heterocycles. The van der Waals surface area contributed by atoms with Crippen molar-refractivity contribution in [2.45, 2.75) is 46.7 Å². The number of carbonyl (C=O) groups excluding carboxylic acids is 2. The van der Waals surface area contributed by atoms with Gasteiger partial charge in [-0.2, -0.15) is 0 Å². The fraction of sp³-hybridized carbons (Fsp3) is 0.429. The Kier molecular flexibility index (Phi) is 5.57. The van der Waals surface area contributed by atoms with E-state index in [1.165, 1.54) is 38.4 Å². The molecule has 138 valence electrons. The third kappa shape index (κ3) is 4.05. The number of benzene rings is 1. The number of rotatable bonds is 6. The van der Waals surface area contributed by atoms with E-state index < -0.39 is 0 Å². The average Bonchev–Trinajstić information content (AvgIpc) is 3.21. The number of nitrogens with one attached hydrogen (secondary N) is 2. The second-order valence-corrected chi connectivity index (χ2v) is 7.16. The summed E-state index contributed by atoms with van der Waals surface area (Å²) < 4.78 is 0. The summed E-state index contributed by atoms with van der Waals surface area (Å²) in [5, 5.41) is 2.94. The first-order chi connectivity index (χ1) is 12.5. The van der Waals surface area contributed by atoms with Gasteiger partial charge in [0.05, 0.1) is 0 Å². The lowest BCUT2D eigenvalue weighted by Gasteiger charge is -2.14. The maximum atomic E-state index is 12.5. The molecule has 0 atom stereocenters. The standard InChI is InChI=1S/C21H27N3O2/c1-14-19(16(3)25)15(2)23-20(14)21(26)22-12-17-6-8-18(9-7-17)13-24-10-4-5-11-24/h6-9,23H,4-5,10-13H2,1-3H3,(H,22,26). The molecule has 2 N–H and O–H groups in total. The van der Waals surface area contributed by atoms with Crippen LogP contribution >= 0.6 is 0 Å². The van der Waals surface area contributed by atoms with Gasteiger partial charge in [-0.15, -0.1) is 0 Å². The summed E-state index contributed by atoms with van der Waals surface area (Å²) in [6.07, 6.45) is 2.60. The number of likely N-dealkylation sites (tertiary alicyclic amines) is 1. The van der Waals surface area contributed by atoms with E-state index >= 15 is 0 Å². The van der Waals surface area contributed by atoms with Crippen LogP contribution < -0.4 is 5.32 Å². The summed E-state index contributed by atoms with van der Waals surface area (Å²) in [6.45, 7) is 9.00. The second-order valence-electron chi connectivity index (χ2n) is 7.16. The third-order valence-corrected chi connectivity index (χ3v) is 5.10. The van der Waals surface area contributed by atoms with E-state index in [4.69, 9.17) is 0 Å². The predicted octanol–water partition coefficient (Wildman–Crippen LogP) is 3.36. The van der Waals surface area contributed by atoms with Crippen molar-refractivity contribution in [2.24, 2.45) is 0 Å². The fourth-order valence-corrected chi connectivity index (χ4v) is 3.74. The van der Waals surface area contributed by atoms with Gasteiger partial charge in [-0.05, 0) is 63.4 Å². The molecule has 0 unspecified atom stereocenters. The molecule has 0 aliphatic carbocycles. The summed E-state index contributed by atoms with van der Waals surface area (Å²) in [5.41, 5.74) is 4.92. The van der Waals surface area contributed by atoms with Gasteiger partial charge in [-0.25, -0.2) is 0 Å². The van der Waals surface area contributed by atoms with Crippen LogP contribution in [0.5, 0.6) is 0 Å². The molecule has 2 heterocycles. The third-order valence-electron chi connectivity index (χ3n) is 5.10. The molecule has 3 rings (SSSR count). The quantitative estimate of drug-likeness (QED) is 0.783. The molecule has 1 aliphatic rings. The Morgan fingerprint density at radius 3 is 2.27 bits per heavy atom. The number of hydrogen-bond acceptors (Lipinski definition) is 3. The summed E-state index contributed by atoms with van der Waals surface area (Å²) in [6, 6.07) is 8.41. The molecule has 1 aromatic carbocycles. The molecule has 2 aromatic rings. The van der Waals surface area contributed by atoms with E-state index in [1.807, 2.05) is 13.8 Å². The summed E-state index contributed by atoms with van der Waals surface area (Å²) in [7, 11) is 0. The zero-order chi connectivity index (χ0) is 18.7. The number of Topliss-reactive ketones (excluding diaryl/α,β-unsaturated/α-hetero) is 1. The predicted molar refractivity (Wildman–Crippen MR) is 102 cm³/mol. The van der Waals surface area contributed by atoms with E-state index in [1.54, 1.807) is 0 Å². The van der Waals surface area contributed by atoms with Crippen LogP contribution in [0.4, 0.5) is 0 Å². The normalized spacial score (nSPS) is 14.6. The topological polar surface area (TPSA) is 65.2 Å². The number of hydrogen-bond donors (Lipinski definition) is 2. The van der Waals surface area contributed by atoms with Gasteiger partial charge in [0.15, 0.2) is 5.78 Å². The van der Waals surface area contributed by atoms with Crippen molar-refractivity contribution in [3.05, 3.63) is 57.9 Å². The molecule has 1 amide bonds. The van der Waals surface area contributed by atoms with Gasteiger partial charge >= 0.3 is 0 Å². The van der Waals surface area contributed by atoms with Crippen molar-refractivity contribution in [1.29, 1.82) is 0 Å². The molecule has 0 saturated carbocycles. The van der Waals surface area contributed by atoms with Crippen molar-refractivity contribution in [3.8, 4) is 0 Å². The minimum Gasteiger partial charge on any atom is -0.354 e. The molecule has 1 fully saturated rings. The molecule has 1 aromatic heterocycles. The zero-order valence-corrected chi connectivity index (χ0v) is 15.8. The first-order valence-electron chi connectivity index (χ1n) is 9.24. The lowest BCUT2D eigenvalue weighted by Crippen LogP contribution is -2.24. The maximum Gasteiger partial charge on any atom is 0.268 e. The number of aromatic amines is 1. The highest BCUT2D eigenvalue weighted by Crippen LogP contribution is 2.18. The highest BCUT2D eigenvalue weighted by atomic mass is 16.2. The Bertz CT molecular complexity index is 799. The Hall–Kier alpha value is -2.40. The van der Waals surface area contributed by atoms with Crippen molar-refractivity contribution >= 4 is 11.7 Å². The van der Waals surface area contributed by atoms with Crippen LogP contribution in [0.25, 0.3) is 0 Å². The van der Waals surface area contributed by atoms with Crippen molar-refractivity contribution in [3.63, 3.8) is 0 Å². The van der Waals surface area contributed by atoms with Gasteiger partial charge in [0.25, 0.3) is 5.91 Å². The monoisotopic (exact) mass is 353 g/mol. The minimum absolute atomic E-state index is 0.0242. The number of aryl methyl sites for hydroxylation is 1. The van der Waals surface area contributed by atoms with Crippen LogP contribution in [-0.4, -0.2) is 34.7 Å². The average molecular weight is 353 g/mol. The van der Waals surface area contributed by atoms with Crippen LogP contribution in [0.2, 0.25) is 0 Å². The maximum absolute atomic E-state index is 12.5. The number of amides is 1. The van der Waals surface area contributed by atoms with Gasteiger partial charge in [0, 0.05) is 24.3 Å². The Morgan fingerprint density at radius 1 is 1.08 bits per heavy atom. The van der Waals surface area contributed by atoms with E-state index in [9.17, 15) is 9.59 Å². The molecule has 0 radical (unpaired) electrons. The van der Waals surface area contributed by atoms with Gasteiger partial charge in [-0.3, -0.25) is 14.5 Å². The molecular formula is C21H27N3O2. The van der Waals surface area contributed by atoms with Crippen LogP contribution in [0.3, 0.4) is 0 Å². The lowest BCUT2D eigenvalue weighted by atomic mass is 10.1. The number of carbonyl (C=O) groups is 2.